The first-order valence-electron chi connectivity index (χ1n) is 4.53. The maximum atomic E-state index is 13.3. The molecule has 0 unspecified atom stereocenters. The fraction of sp³-hybridized carbons (Fsp3) is 0. The van der Waals surface area contributed by atoms with Crippen LogP contribution in [0.2, 0.25) is 0 Å². The molecule has 1 heterocycles. The van der Waals surface area contributed by atoms with E-state index in [0.29, 0.717) is 0 Å². The molecule has 0 N–H and O–H groups in total. The van der Waals surface area contributed by atoms with Crippen molar-refractivity contribution in [1.29, 1.82) is 0 Å². The summed E-state index contributed by atoms with van der Waals surface area (Å²) < 4.78 is 69.5. The molecular weight excluding hydrogens is 259 g/mol. The van der Waals surface area contributed by atoms with E-state index in [-0.39, 0.29) is 5.56 Å². The Labute approximate surface area is 96.6 Å². The van der Waals surface area contributed by atoms with Crippen molar-refractivity contribution in [3.05, 3.63) is 58.8 Å². The minimum absolute atomic E-state index is 0.321. The van der Waals surface area contributed by atoms with E-state index >= 15 is 0 Å². The number of hydrogen-bond donors (Lipinski definition) is 0. The quantitative estimate of drug-likeness (QED) is 0.360. The Bertz CT molecular complexity index is 590. The van der Waals surface area contributed by atoms with Gasteiger partial charge in [-0.15, -0.1) is 0 Å². The molecule has 0 aliphatic heterocycles. The van der Waals surface area contributed by atoms with Crippen molar-refractivity contribution in [3.8, 4) is 0 Å². The molecule has 0 fully saturated rings. The molecule has 2 rings (SSSR count). The molecule has 0 spiro atoms. The molecule has 0 saturated heterocycles. The molecule has 2 nitrogen and oxygen atoms in total. The summed E-state index contributed by atoms with van der Waals surface area (Å²) in [4.78, 5) is 11.6. The van der Waals surface area contributed by atoms with Gasteiger partial charge in [-0.3, -0.25) is 4.79 Å². The predicted molar refractivity (Wildman–Crippen MR) is 48.4 cm³/mol. The molecule has 0 bridgehead atoms. The minimum Gasteiger partial charge on any atom is -0.472 e. The smallest absolute Gasteiger partial charge is 0.202 e. The summed E-state index contributed by atoms with van der Waals surface area (Å²) in [5.74, 6) is -12.3. The molecule has 2 aromatic rings. The van der Waals surface area contributed by atoms with Gasteiger partial charge >= 0.3 is 0 Å². The first-order valence-corrected chi connectivity index (χ1v) is 4.53. The zero-order chi connectivity index (χ0) is 13.4. The number of ketones is 1. The third-order valence-electron chi connectivity index (χ3n) is 2.22. The molecule has 94 valence electrons. The van der Waals surface area contributed by atoms with Crippen LogP contribution in [-0.4, -0.2) is 5.78 Å². The van der Waals surface area contributed by atoms with Crippen LogP contribution < -0.4 is 0 Å². The van der Waals surface area contributed by atoms with Crippen molar-refractivity contribution < 1.29 is 31.2 Å². The number of hydrogen-bond acceptors (Lipinski definition) is 2. The van der Waals surface area contributed by atoms with Crippen LogP contribution in [0.5, 0.6) is 0 Å². The Balaban J connectivity index is 2.69. The highest BCUT2D eigenvalue weighted by molar-refractivity contribution is 6.09. The largest absolute Gasteiger partial charge is 0.472 e. The van der Waals surface area contributed by atoms with Crippen LogP contribution in [0.1, 0.15) is 15.9 Å². The van der Waals surface area contributed by atoms with Crippen molar-refractivity contribution >= 4 is 5.78 Å². The van der Waals surface area contributed by atoms with Gasteiger partial charge in [0.15, 0.2) is 23.3 Å². The SMILES string of the molecule is O=C(c1ccoc1)c1c(F)c(F)c(F)c(F)c1F. The average molecular weight is 262 g/mol. The summed E-state index contributed by atoms with van der Waals surface area (Å²) >= 11 is 0. The van der Waals surface area contributed by atoms with E-state index < -0.39 is 40.4 Å². The lowest BCUT2D eigenvalue weighted by Crippen LogP contribution is -2.13. The second kappa shape index (κ2) is 4.25. The zero-order valence-electron chi connectivity index (χ0n) is 8.44. The summed E-state index contributed by atoms with van der Waals surface area (Å²) in [5.41, 5.74) is -1.83. The molecular formula is C11H3F5O2. The van der Waals surface area contributed by atoms with Crippen LogP contribution in [-0.2, 0) is 0 Å². The van der Waals surface area contributed by atoms with Crippen LogP contribution in [0.3, 0.4) is 0 Å². The van der Waals surface area contributed by atoms with Crippen molar-refractivity contribution in [1.82, 2.24) is 0 Å². The standard InChI is InChI=1S/C11H3F5O2/c12-6-5(11(17)4-1-2-18-3-4)7(13)9(15)10(16)8(6)14/h1-3H. The van der Waals surface area contributed by atoms with Gasteiger partial charge in [-0.1, -0.05) is 0 Å². The van der Waals surface area contributed by atoms with Crippen molar-refractivity contribution in [3.63, 3.8) is 0 Å². The molecule has 0 radical (unpaired) electrons. The lowest BCUT2D eigenvalue weighted by Gasteiger charge is -2.05. The van der Waals surface area contributed by atoms with E-state index in [4.69, 9.17) is 0 Å². The Morgan fingerprint density at radius 3 is 1.83 bits per heavy atom. The average Bonchev–Trinajstić information content (AvgIpc) is 2.88. The molecule has 18 heavy (non-hydrogen) atoms. The van der Waals surface area contributed by atoms with Gasteiger partial charge in [-0.05, 0) is 6.07 Å². The van der Waals surface area contributed by atoms with Crippen LogP contribution in [0.4, 0.5) is 22.0 Å². The third kappa shape index (κ3) is 1.68. The van der Waals surface area contributed by atoms with Gasteiger partial charge in [0.05, 0.1) is 11.8 Å². The van der Waals surface area contributed by atoms with Crippen LogP contribution in [0.15, 0.2) is 23.0 Å². The molecule has 0 aliphatic rings. The van der Waals surface area contributed by atoms with E-state index in [1.807, 2.05) is 0 Å². The normalized spacial score (nSPS) is 10.7. The lowest BCUT2D eigenvalue weighted by atomic mass is 10.0. The number of carbonyl (C=O) groups is 1. The van der Waals surface area contributed by atoms with Gasteiger partial charge in [-0.25, -0.2) is 22.0 Å². The van der Waals surface area contributed by atoms with Gasteiger partial charge in [0.25, 0.3) is 0 Å². The third-order valence-corrected chi connectivity index (χ3v) is 2.22. The molecule has 0 amide bonds. The minimum atomic E-state index is -2.31. The zero-order valence-corrected chi connectivity index (χ0v) is 8.44. The number of benzene rings is 1. The fourth-order valence-corrected chi connectivity index (χ4v) is 1.34. The summed E-state index contributed by atoms with van der Waals surface area (Å²) in [6, 6.07) is 1.04. The van der Waals surface area contributed by atoms with E-state index in [1.54, 1.807) is 0 Å². The monoisotopic (exact) mass is 262 g/mol. The molecule has 0 saturated carbocycles. The highest BCUT2D eigenvalue weighted by atomic mass is 19.2. The van der Waals surface area contributed by atoms with Gasteiger partial charge in [0, 0.05) is 0 Å². The van der Waals surface area contributed by atoms with Gasteiger partial charge in [-0.2, -0.15) is 0 Å². The maximum absolute atomic E-state index is 13.3. The Kier molecular flexibility index (Phi) is 2.90. The Morgan fingerprint density at radius 2 is 1.39 bits per heavy atom. The molecule has 1 aromatic carbocycles. The predicted octanol–water partition coefficient (Wildman–Crippen LogP) is 3.21. The highest BCUT2D eigenvalue weighted by Crippen LogP contribution is 2.25. The number of carbonyl (C=O) groups excluding carboxylic acids is 1. The molecule has 0 aliphatic carbocycles. The van der Waals surface area contributed by atoms with Crippen molar-refractivity contribution in [2.24, 2.45) is 0 Å². The summed E-state index contributed by atoms with van der Waals surface area (Å²) in [7, 11) is 0. The Hall–Kier alpha value is -2.18. The number of furan rings is 1. The van der Waals surface area contributed by atoms with Gasteiger partial charge < -0.3 is 4.42 Å². The second-order valence-corrected chi connectivity index (χ2v) is 3.29. The van der Waals surface area contributed by atoms with E-state index in [2.05, 4.69) is 4.42 Å². The van der Waals surface area contributed by atoms with Crippen molar-refractivity contribution in [2.45, 2.75) is 0 Å². The van der Waals surface area contributed by atoms with Gasteiger partial charge in [0.1, 0.15) is 11.8 Å². The molecule has 0 atom stereocenters. The van der Waals surface area contributed by atoms with E-state index in [1.165, 1.54) is 0 Å². The summed E-state index contributed by atoms with van der Waals surface area (Å²) in [6.07, 6.45) is 1.86. The van der Waals surface area contributed by atoms with E-state index in [9.17, 15) is 26.7 Å². The Morgan fingerprint density at radius 1 is 0.889 bits per heavy atom. The fourth-order valence-electron chi connectivity index (χ4n) is 1.34. The number of rotatable bonds is 2. The highest BCUT2D eigenvalue weighted by Gasteiger charge is 2.30. The van der Waals surface area contributed by atoms with Crippen molar-refractivity contribution in [2.75, 3.05) is 0 Å². The van der Waals surface area contributed by atoms with Crippen LogP contribution in [0, 0.1) is 29.1 Å². The molecule has 1 aromatic heterocycles. The van der Waals surface area contributed by atoms with Gasteiger partial charge in [0.2, 0.25) is 11.6 Å². The molecule has 7 heteroatoms. The van der Waals surface area contributed by atoms with Crippen LogP contribution >= 0.6 is 0 Å². The van der Waals surface area contributed by atoms with Crippen LogP contribution in [0.25, 0.3) is 0 Å². The number of halogens is 5. The lowest BCUT2D eigenvalue weighted by molar-refractivity contribution is 0.102. The summed E-state index contributed by atoms with van der Waals surface area (Å²) in [5, 5.41) is 0. The maximum Gasteiger partial charge on any atom is 0.202 e. The summed E-state index contributed by atoms with van der Waals surface area (Å²) in [6.45, 7) is 0. The van der Waals surface area contributed by atoms with E-state index in [0.717, 1.165) is 18.6 Å². The first kappa shape index (κ1) is 12.3. The topological polar surface area (TPSA) is 30.2 Å². The second-order valence-electron chi connectivity index (χ2n) is 3.29. The first-order chi connectivity index (χ1) is 8.45.